The third-order valence-electron chi connectivity index (χ3n) is 12.0. The van der Waals surface area contributed by atoms with E-state index in [9.17, 15) is 4.79 Å². The Morgan fingerprint density at radius 3 is 1.33 bits per heavy atom. The number of fused-ring (bicyclic) bond motifs is 7. The molecule has 61 heavy (non-hydrogen) atoms. The van der Waals surface area contributed by atoms with Gasteiger partial charge in [-0.25, -0.2) is 4.98 Å². The van der Waals surface area contributed by atoms with Crippen LogP contribution in [0.3, 0.4) is 0 Å². The van der Waals surface area contributed by atoms with Gasteiger partial charge < -0.3 is 9.13 Å². The van der Waals surface area contributed by atoms with E-state index in [1.54, 1.807) is 4.57 Å². The molecule has 0 atom stereocenters. The van der Waals surface area contributed by atoms with Crippen LogP contribution in [-0.2, 0) is 0 Å². The summed E-state index contributed by atoms with van der Waals surface area (Å²) in [5.41, 5.74) is 13.2. The molecular formula is C56H36N4O. The lowest BCUT2D eigenvalue weighted by Gasteiger charge is -2.17. The highest BCUT2D eigenvalue weighted by atomic mass is 16.1. The zero-order valence-electron chi connectivity index (χ0n) is 33.0. The largest absolute Gasteiger partial charge is 0.309 e. The average molecular weight is 781 g/mol. The lowest BCUT2D eigenvalue weighted by Crippen LogP contribution is -2.22. The number of hydrogen-bond donors (Lipinski definition) is 0. The molecule has 0 fully saturated rings. The van der Waals surface area contributed by atoms with Crippen LogP contribution in [0.2, 0.25) is 0 Å². The molecule has 9 aromatic carbocycles. The summed E-state index contributed by atoms with van der Waals surface area (Å²) in [6.45, 7) is 0. The van der Waals surface area contributed by atoms with Crippen LogP contribution in [0.4, 0.5) is 0 Å². The topological polar surface area (TPSA) is 44.8 Å². The van der Waals surface area contributed by atoms with Crippen molar-refractivity contribution in [3.63, 3.8) is 0 Å². The Labute approximate surface area is 351 Å². The van der Waals surface area contributed by atoms with E-state index in [1.807, 2.05) is 42.5 Å². The van der Waals surface area contributed by atoms with Crippen molar-refractivity contribution >= 4 is 54.5 Å². The molecule has 0 saturated carbocycles. The maximum atomic E-state index is 14.8. The monoisotopic (exact) mass is 780 g/mol. The maximum absolute atomic E-state index is 14.8. The first-order valence-corrected chi connectivity index (χ1v) is 20.6. The van der Waals surface area contributed by atoms with E-state index in [0.29, 0.717) is 16.7 Å². The summed E-state index contributed by atoms with van der Waals surface area (Å²) < 4.78 is 6.40. The summed E-state index contributed by atoms with van der Waals surface area (Å²) >= 11 is 0. The molecule has 12 rings (SSSR count). The van der Waals surface area contributed by atoms with Gasteiger partial charge in [0.15, 0.2) is 0 Å². The fourth-order valence-corrected chi connectivity index (χ4v) is 9.24. The molecule has 3 heterocycles. The normalized spacial score (nSPS) is 11.7. The molecule has 0 unspecified atom stereocenters. The Kier molecular flexibility index (Phi) is 7.93. The molecule has 0 saturated heterocycles. The highest BCUT2D eigenvalue weighted by Gasteiger charge is 2.19. The number of rotatable bonds is 6. The standard InChI is InChI=1S/C56H36N4O/c61-56-47-25-7-10-26-50(47)57-55(41-19-13-20-42(33-41)58-51-27-11-8-23-45(51)48-34-39(29-31-53(48)58)37-15-3-1-4-16-37)60(56)44-22-14-21-43(36-44)59-52-28-12-9-24-46(52)49-35-40(30-32-54(49)59)38-17-5-2-6-18-38/h1-36H. The third-order valence-corrected chi connectivity index (χ3v) is 12.0. The number of nitrogens with zero attached hydrogens (tertiary/aromatic N) is 4. The SMILES string of the molecule is O=c1c2ccccc2nc(-c2cccc(-n3c4ccccc4c4cc(-c5ccccc5)ccc43)c2)n1-c1cccc(-n2c3ccccc3c3cc(-c4ccccc4)ccc32)c1. The molecule has 0 aliphatic rings. The number of aromatic nitrogens is 4. The van der Waals surface area contributed by atoms with E-state index >= 15 is 0 Å². The minimum Gasteiger partial charge on any atom is -0.309 e. The summed E-state index contributed by atoms with van der Waals surface area (Å²) in [7, 11) is 0. The van der Waals surface area contributed by atoms with Crippen LogP contribution >= 0.6 is 0 Å². The van der Waals surface area contributed by atoms with Gasteiger partial charge in [-0.05, 0) is 101 Å². The first kappa shape index (κ1) is 34.7. The van der Waals surface area contributed by atoms with Gasteiger partial charge in [0.25, 0.3) is 5.56 Å². The van der Waals surface area contributed by atoms with Crippen molar-refractivity contribution in [1.29, 1.82) is 0 Å². The Hall–Kier alpha value is -8.28. The molecule has 5 nitrogen and oxygen atoms in total. The van der Waals surface area contributed by atoms with Crippen LogP contribution < -0.4 is 5.56 Å². The minimum absolute atomic E-state index is 0.122. The summed E-state index contributed by atoms with van der Waals surface area (Å²) in [6, 6.07) is 75.8. The second-order valence-electron chi connectivity index (χ2n) is 15.6. The third kappa shape index (κ3) is 5.63. The van der Waals surface area contributed by atoms with Gasteiger partial charge in [0.2, 0.25) is 0 Å². The summed E-state index contributed by atoms with van der Waals surface area (Å²) in [6.07, 6.45) is 0. The van der Waals surface area contributed by atoms with E-state index in [2.05, 4.69) is 185 Å². The molecule has 0 spiro atoms. The van der Waals surface area contributed by atoms with Crippen molar-refractivity contribution in [3.8, 4) is 50.7 Å². The van der Waals surface area contributed by atoms with Crippen molar-refractivity contribution in [1.82, 2.24) is 18.7 Å². The Morgan fingerprint density at radius 1 is 0.295 bits per heavy atom. The Bertz CT molecular complexity index is 3730. The average Bonchev–Trinajstić information content (AvgIpc) is 3.84. The zero-order chi connectivity index (χ0) is 40.4. The van der Waals surface area contributed by atoms with Gasteiger partial charge in [0.05, 0.1) is 38.7 Å². The molecule has 0 amide bonds. The zero-order valence-corrected chi connectivity index (χ0v) is 33.0. The van der Waals surface area contributed by atoms with Crippen molar-refractivity contribution in [2.45, 2.75) is 0 Å². The van der Waals surface area contributed by atoms with E-state index in [-0.39, 0.29) is 5.56 Å². The fraction of sp³-hybridized carbons (Fsp3) is 0. The smallest absolute Gasteiger partial charge is 0.266 e. The highest BCUT2D eigenvalue weighted by Crippen LogP contribution is 2.38. The van der Waals surface area contributed by atoms with Crippen LogP contribution in [0.15, 0.2) is 223 Å². The van der Waals surface area contributed by atoms with Crippen LogP contribution in [-0.4, -0.2) is 18.7 Å². The Morgan fingerprint density at radius 2 is 0.738 bits per heavy atom. The first-order chi connectivity index (χ1) is 30.2. The van der Waals surface area contributed by atoms with Gasteiger partial charge >= 0.3 is 0 Å². The van der Waals surface area contributed by atoms with Crippen molar-refractivity contribution in [2.75, 3.05) is 0 Å². The molecule has 0 aliphatic heterocycles. The van der Waals surface area contributed by atoms with E-state index in [0.717, 1.165) is 44.7 Å². The maximum Gasteiger partial charge on any atom is 0.266 e. The van der Waals surface area contributed by atoms with Gasteiger partial charge in [0.1, 0.15) is 5.82 Å². The van der Waals surface area contributed by atoms with Crippen LogP contribution in [0.5, 0.6) is 0 Å². The van der Waals surface area contributed by atoms with E-state index in [1.165, 1.54) is 43.8 Å². The molecule has 0 radical (unpaired) electrons. The molecule has 0 bridgehead atoms. The van der Waals surface area contributed by atoms with E-state index in [4.69, 9.17) is 4.98 Å². The quantitative estimate of drug-likeness (QED) is 0.169. The number of para-hydroxylation sites is 3. The fourth-order valence-electron chi connectivity index (χ4n) is 9.24. The van der Waals surface area contributed by atoms with Crippen molar-refractivity contribution < 1.29 is 0 Å². The minimum atomic E-state index is -0.122. The van der Waals surface area contributed by atoms with Gasteiger partial charge in [-0.15, -0.1) is 0 Å². The summed E-state index contributed by atoms with van der Waals surface area (Å²) in [5.74, 6) is 0.574. The summed E-state index contributed by atoms with van der Waals surface area (Å²) in [4.78, 5) is 20.1. The second kappa shape index (κ2) is 13.9. The molecule has 286 valence electrons. The molecule has 12 aromatic rings. The summed E-state index contributed by atoms with van der Waals surface area (Å²) in [5, 5.41) is 5.27. The van der Waals surface area contributed by atoms with Gasteiger partial charge in [0, 0.05) is 38.5 Å². The lowest BCUT2D eigenvalue weighted by atomic mass is 10.0. The number of hydrogen-bond acceptors (Lipinski definition) is 2. The molecule has 0 N–H and O–H groups in total. The predicted octanol–water partition coefficient (Wildman–Crippen LogP) is 13.6. The van der Waals surface area contributed by atoms with Crippen molar-refractivity contribution in [2.24, 2.45) is 0 Å². The lowest BCUT2D eigenvalue weighted by molar-refractivity contribution is 0.971. The molecule has 5 heteroatoms. The van der Waals surface area contributed by atoms with Gasteiger partial charge in [-0.1, -0.05) is 140 Å². The molecule has 3 aromatic heterocycles. The highest BCUT2D eigenvalue weighted by molar-refractivity contribution is 6.11. The van der Waals surface area contributed by atoms with Crippen LogP contribution in [0.1, 0.15) is 0 Å². The van der Waals surface area contributed by atoms with Gasteiger partial charge in [-0.3, -0.25) is 9.36 Å². The second-order valence-corrected chi connectivity index (χ2v) is 15.6. The van der Waals surface area contributed by atoms with Gasteiger partial charge in [-0.2, -0.15) is 0 Å². The molecular weight excluding hydrogens is 745 g/mol. The molecule has 0 aliphatic carbocycles. The van der Waals surface area contributed by atoms with Crippen molar-refractivity contribution in [3.05, 3.63) is 229 Å². The first-order valence-electron chi connectivity index (χ1n) is 20.6. The van der Waals surface area contributed by atoms with E-state index < -0.39 is 0 Å². The predicted molar refractivity (Wildman–Crippen MR) is 252 cm³/mol. The number of benzene rings is 9. The van der Waals surface area contributed by atoms with Crippen LogP contribution in [0.25, 0.3) is 105 Å². The Balaban J connectivity index is 1.04. The van der Waals surface area contributed by atoms with Crippen LogP contribution in [0, 0.1) is 0 Å².